The second-order valence-corrected chi connectivity index (χ2v) is 6.50. The Morgan fingerprint density at radius 2 is 1.73 bits per heavy atom. The van der Waals surface area contributed by atoms with Crippen LogP contribution in [0.4, 0.5) is 4.39 Å². The highest BCUT2D eigenvalue weighted by atomic mass is 19.1. The van der Waals surface area contributed by atoms with Crippen molar-refractivity contribution < 1.29 is 4.39 Å². The summed E-state index contributed by atoms with van der Waals surface area (Å²) in [6.07, 6.45) is 0. The first-order chi connectivity index (χ1) is 10.4. The number of H-pyrrole nitrogens is 1. The minimum atomic E-state index is -0.336. The maximum Gasteiger partial charge on any atom is 0.124 e. The van der Waals surface area contributed by atoms with Gasteiger partial charge in [0.1, 0.15) is 11.9 Å². The molecule has 1 aromatic heterocycles. The third-order valence-corrected chi connectivity index (χ3v) is 3.91. The Labute approximate surface area is 129 Å². The Balaban J connectivity index is 2.16. The van der Waals surface area contributed by atoms with E-state index in [9.17, 15) is 9.65 Å². The molecule has 0 unspecified atom stereocenters. The Kier molecular flexibility index (Phi) is 3.26. The Hall–Kier alpha value is -2.60. The molecule has 3 aromatic rings. The molecule has 1 heterocycles. The highest BCUT2D eigenvalue weighted by Crippen LogP contribution is 2.31. The SMILES string of the molecule is CC(C)(C)c1ccc(-c2[nH]c3ccc(F)cc3c2C#N)cc1. The van der Waals surface area contributed by atoms with Crippen LogP contribution in [0.1, 0.15) is 31.9 Å². The Bertz CT molecular complexity index is 875. The zero-order valence-electron chi connectivity index (χ0n) is 12.9. The van der Waals surface area contributed by atoms with Crippen molar-refractivity contribution in [3.63, 3.8) is 0 Å². The van der Waals surface area contributed by atoms with Crippen molar-refractivity contribution in [1.82, 2.24) is 4.98 Å². The molecule has 0 amide bonds. The topological polar surface area (TPSA) is 39.6 Å². The molecule has 0 fully saturated rings. The number of nitriles is 1. The van der Waals surface area contributed by atoms with Gasteiger partial charge in [0.05, 0.1) is 11.3 Å². The average molecular weight is 292 g/mol. The number of rotatable bonds is 1. The summed E-state index contributed by atoms with van der Waals surface area (Å²) in [6, 6.07) is 14.8. The number of nitrogens with zero attached hydrogens (tertiary/aromatic N) is 1. The average Bonchev–Trinajstić information content (AvgIpc) is 2.84. The van der Waals surface area contributed by atoms with Crippen LogP contribution in [0.25, 0.3) is 22.2 Å². The summed E-state index contributed by atoms with van der Waals surface area (Å²) in [4.78, 5) is 3.23. The number of hydrogen-bond acceptors (Lipinski definition) is 1. The number of hydrogen-bond donors (Lipinski definition) is 1. The maximum atomic E-state index is 13.4. The van der Waals surface area contributed by atoms with E-state index in [0.717, 1.165) is 16.8 Å². The van der Waals surface area contributed by atoms with Crippen LogP contribution in [-0.4, -0.2) is 4.98 Å². The molecule has 2 aromatic carbocycles. The molecule has 0 aliphatic heterocycles. The van der Waals surface area contributed by atoms with Crippen LogP contribution >= 0.6 is 0 Å². The molecule has 0 bridgehead atoms. The van der Waals surface area contributed by atoms with E-state index >= 15 is 0 Å². The summed E-state index contributed by atoms with van der Waals surface area (Å²) in [5.74, 6) is -0.336. The summed E-state index contributed by atoms with van der Waals surface area (Å²) in [5.41, 5.74) is 4.24. The number of fused-ring (bicyclic) bond motifs is 1. The van der Waals surface area contributed by atoms with Crippen LogP contribution in [0, 0.1) is 17.1 Å². The maximum absolute atomic E-state index is 13.4. The summed E-state index contributed by atoms with van der Waals surface area (Å²) in [7, 11) is 0. The van der Waals surface area contributed by atoms with Gasteiger partial charge in [-0.25, -0.2) is 4.39 Å². The lowest BCUT2D eigenvalue weighted by molar-refractivity contribution is 0.590. The molecular weight excluding hydrogens is 275 g/mol. The summed E-state index contributed by atoms with van der Waals surface area (Å²) in [6.45, 7) is 6.48. The fourth-order valence-electron chi connectivity index (χ4n) is 2.63. The molecule has 0 atom stereocenters. The number of aromatic nitrogens is 1. The van der Waals surface area contributed by atoms with Gasteiger partial charge in [-0.05, 0) is 34.7 Å². The van der Waals surface area contributed by atoms with Crippen molar-refractivity contribution in [2.45, 2.75) is 26.2 Å². The van der Waals surface area contributed by atoms with Gasteiger partial charge >= 0.3 is 0 Å². The van der Waals surface area contributed by atoms with Crippen molar-refractivity contribution in [2.24, 2.45) is 0 Å². The van der Waals surface area contributed by atoms with Gasteiger partial charge in [-0.1, -0.05) is 45.0 Å². The minimum Gasteiger partial charge on any atom is -0.353 e. The van der Waals surface area contributed by atoms with Crippen molar-refractivity contribution in [3.8, 4) is 17.3 Å². The van der Waals surface area contributed by atoms with Crippen molar-refractivity contribution in [3.05, 3.63) is 59.4 Å². The van der Waals surface area contributed by atoms with Gasteiger partial charge in [0.2, 0.25) is 0 Å². The van der Waals surface area contributed by atoms with Crippen LogP contribution in [0.2, 0.25) is 0 Å². The lowest BCUT2D eigenvalue weighted by Gasteiger charge is -2.19. The number of benzene rings is 2. The van der Waals surface area contributed by atoms with E-state index in [0.29, 0.717) is 10.9 Å². The van der Waals surface area contributed by atoms with Crippen LogP contribution in [-0.2, 0) is 5.41 Å². The standard InChI is InChI=1S/C19H17FN2/c1-19(2,3)13-6-4-12(5-7-13)18-16(11-21)15-10-14(20)8-9-17(15)22-18/h4-10,22H,1-3H3. The van der Waals surface area contributed by atoms with Gasteiger partial charge in [0, 0.05) is 10.9 Å². The van der Waals surface area contributed by atoms with E-state index in [1.807, 2.05) is 12.1 Å². The van der Waals surface area contributed by atoms with Crippen LogP contribution < -0.4 is 0 Å². The predicted molar refractivity (Wildman–Crippen MR) is 87.1 cm³/mol. The van der Waals surface area contributed by atoms with Gasteiger partial charge in [0.15, 0.2) is 0 Å². The molecule has 3 heteroatoms. The summed E-state index contributed by atoms with van der Waals surface area (Å²) in [5, 5.41) is 10.1. The molecular formula is C19H17FN2. The van der Waals surface area contributed by atoms with E-state index < -0.39 is 0 Å². The molecule has 1 N–H and O–H groups in total. The van der Waals surface area contributed by atoms with Crippen LogP contribution in [0.15, 0.2) is 42.5 Å². The van der Waals surface area contributed by atoms with E-state index in [-0.39, 0.29) is 11.2 Å². The number of aromatic amines is 1. The first-order valence-electron chi connectivity index (χ1n) is 7.22. The third kappa shape index (κ3) is 2.37. The molecule has 0 aliphatic rings. The van der Waals surface area contributed by atoms with Crippen LogP contribution in [0.3, 0.4) is 0 Å². The lowest BCUT2D eigenvalue weighted by Crippen LogP contribution is -2.10. The fourth-order valence-corrected chi connectivity index (χ4v) is 2.63. The Morgan fingerprint density at radius 3 is 2.32 bits per heavy atom. The molecule has 0 radical (unpaired) electrons. The molecule has 110 valence electrons. The Morgan fingerprint density at radius 1 is 1.05 bits per heavy atom. The normalized spacial score (nSPS) is 11.6. The van der Waals surface area contributed by atoms with Gasteiger partial charge in [-0.15, -0.1) is 0 Å². The first-order valence-corrected chi connectivity index (χ1v) is 7.22. The van der Waals surface area contributed by atoms with E-state index in [1.54, 1.807) is 6.07 Å². The first kappa shape index (κ1) is 14.3. The second kappa shape index (κ2) is 4.99. The molecule has 3 rings (SSSR count). The van der Waals surface area contributed by atoms with E-state index in [1.165, 1.54) is 17.7 Å². The molecule has 0 aliphatic carbocycles. The largest absolute Gasteiger partial charge is 0.353 e. The number of nitrogens with one attached hydrogen (secondary N) is 1. The van der Waals surface area contributed by atoms with Gasteiger partial charge in [0.25, 0.3) is 0 Å². The molecule has 0 saturated heterocycles. The zero-order chi connectivity index (χ0) is 15.9. The molecule has 0 saturated carbocycles. The minimum absolute atomic E-state index is 0.0835. The zero-order valence-corrected chi connectivity index (χ0v) is 12.9. The number of halogens is 1. The molecule has 22 heavy (non-hydrogen) atoms. The van der Waals surface area contributed by atoms with E-state index in [2.05, 4.69) is 44.0 Å². The van der Waals surface area contributed by atoms with Gasteiger partial charge in [-0.2, -0.15) is 5.26 Å². The smallest absolute Gasteiger partial charge is 0.124 e. The molecule has 2 nitrogen and oxygen atoms in total. The van der Waals surface area contributed by atoms with Crippen molar-refractivity contribution in [2.75, 3.05) is 0 Å². The van der Waals surface area contributed by atoms with Gasteiger partial charge < -0.3 is 4.98 Å². The van der Waals surface area contributed by atoms with Crippen LogP contribution in [0.5, 0.6) is 0 Å². The monoisotopic (exact) mass is 292 g/mol. The summed E-state index contributed by atoms with van der Waals surface area (Å²) >= 11 is 0. The predicted octanol–water partition coefficient (Wildman–Crippen LogP) is 5.14. The highest BCUT2D eigenvalue weighted by Gasteiger charge is 2.16. The van der Waals surface area contributed by atoms with Crippen molar-refractivity contribution >= 4 is 10.9 Å². The lowest BCUT2D eigenvalue weighted by atomic mass is 9.86. The van der Waals surface area contributed by atoms with Crippen molar-refractivity contribution in [1.29, 1.82) is 5.26 Å². The quantitative estimate of drug-likeness (QED) is 0.662. The molecule has 0 spiro atoms. The third-order valence-electron chi connectivity index (χ3n) is 3.91. The second-order valence-electron chi connectivity index (χ2n) is 6.50. The van der Waals surface area contributed by atoms with E-state index in [4.69, 9.17) is 0 Å². The fraction of sp³-hybridized carbons (Fsp3) is 0.211. The summed E-state index contributed by atoms with van der Waals surface area (Å²) < 4.78 is 13.4. The highest BCUT2D eigenvalue weighted by molar-refractivity contribution is 5.93. The van der Waals surface area contributed by atoms with Gasteiger partial charge in [-0.3, -0.25) is 0 Å².